The van der Waals surface area contributed by atoms with Crippen molar-refractivity contribution in [1.29, 1.82) is 0 Å². The number of hydrogen-bond donors (Lipinski definition) is 1. The van der Waals surface area contributed by atoms with Gasteiger partial charge < -0.3 is 9.84 Å². The average Bonchev–Trinajstić information content (AvgIpc) is 3.27. The molecule has 10 heteroatoms. The lowest BCUT2D eigenvalue weighted by Gasteiger charge is -2.38. The summed E-state index contributed by atoms with van der Waals surface area (Å²) in [5.74, 6) is -0.810. The molecule has 2 aliphatic rings. The third-order valence-corrected chi connectivity index (χ3v) is 8.84. The molecule has 35 heavy (non-hydrogen) atoms. The standard InChI is InChI=1S/C25H28FN3O5S/c1-15(2)34-20-6-8-21(9-7-20)35(32,33)29-17-4-5-18(29)13-19(12-17)28-24-11-16(26)3-10-22(24)23(27-28)14-25(30)31/h3,6-11,15,17-19H,4-5,12-14H2,1-2H3,(H,30,31)/t17-,18+,19?. The second-order valence-electron chi connectivity index (χ2n) is 9.61. The first-order chi connectivity index (χ1) is 16.6. The van der Waals surface area contributed by atoms with Crippen molar-refractivity contribution in [2.45, 2.75) is 75.1 Å². The maximum atomic E-state index is 14.1. The number of hydrogen-bond acceptors (Lipinski definition) is 5. The molecule has 1 unspecified atom stereocenters. The van der Waals surface area contributed by atoms with Gasteiger partial charge in [0.25, 0.3) is 0 Å². The predicted octanol–water partition coefficient (Wildman–Crippen LogP) is 4.15. The maximum absolute atomic E-state index is 14.1. The molecule has 0 spiro atoms. The minimum Gasteiger partial charge on any atom is -0.491 e. The molecule has 0 amide bonds. The number of carbonyl (C=O) groups is 1. The van der Waals surface area contributed by atoms with Gasteiger partial charge in [0.1, 0.15) is 11.6 Å². The van der Waals surface area contributed by atoms with Crippen molar-refractivity contribution in [2.24, 2.45) is 0 Å². The second kappa shape index (κ2) is 8.91. The van der Waals surface area contributed by atoms with E-state index in [-0.39, 0.29) is 35.5 Å². The molecule has 1 N–H and O–H groups in total. The molecule has 1 aromatic heterocycles. The van der Waals surface area contributed by atoms with Gasteiger partial charge in [0.2, 0.25) is 10.0 Å². The van der Waals surface area contributed by atoms with Crippen LogP contribution in [0, 0.1) is 5.82 Å². The van der Waals surface area contributed by atoms with Gasteiger partial charge in [0, 0.05) is 17.5 Å². The van der Waals surface area contributed by atoms with Crippen molar-refractivity contribution in [3.05, 3.63) is 54.0 Å². The summed E-state index contributed by atoms with van der Waals surface area (Å²) in [6.07, 6.45) is 2.28. The molecule has 0 radical (unpaired) electrons. The summed E-state index contributed by atoms with van der Waals surface area (Å²) >= 11 is 0. The molecule has 0 saturated carbocycles. The summed E-state index contributed by atoms with van der Waals surface area (Å²) in [6.45, 7) is 3.82. The van der Waals surface area contributed by atoms with Gasteiger partial charge in [-0.15, -0.1) is 0 Å². The van der Waals surface area contributed by atoms with Crippen molar-refractivity contribution in [2.75, 3.05) is 0 Å². The van der Waals surface area contributed by atoms with Crippen LogP contribution >= 0.6 is 0 Å². The zero-order valence-corrected chi connectivity index (χ0v) is 20.4. The van der Waals surface area contributed by atoms with Crippen LogP contribution in [0.4, 0.5) is 4.39 Å². The van der Waals surface area contributed by atoms with Crippen molar-refractivity contribution in [3.8, 4) is 5.75 Å². The zero-order valence-electron chi connectivity index (χ0n) is 19.6. The van der Waals surface area contributed by atoms with Gasteiger partial charge in [-0.2, -0.15) is 9.40 Å². The van der Waals surface area contributed by atoms with Gasteiger partial charge in [0.15, 0.2) is 0 Å². The lowest BCUT2D eigenvalue weighted by molar-refractivity contribution is -0.136. The molecular formula is C25H28FN3O5S. The Hall–Kier alpha value is -2.98. The highest BCUT2D eigenvalue weighted by Gasteiger charge is 2.48. The van der Waals surface area contributed by atoms with E-state index >= 15 is 0 Å². The number of carboxylic acids is 1. The van der Waals surface area contributed by atoms with E-state index in [0.717, 1.165) is 12.8 Å². The van der Waals surface area contributed by atoms with Gasteiger partial charge in [0.05, 0.1) is 34.7 Å². The Labute approximate surface area is 203 Å². The van der Waals surface area contributed by atoms with Gasteiger partial charge in [-0.1, -0.05) is 0 Å². The number of halogens is 1. The van der Waals surface area contributed by atoms with Crippen molar-refractivity contribution < 1.29 is 27.4 Å². The van der Waals surface area contributed by atoms with E-state index < -0.39 is 21.8 Å². The van der Waals surface area contributed by atoms with E-state index in [4.69, 9.17) is 4.74 Å². The van der Waals surface area contributed by atoms with E-state index in [1.807, 2.05) is 13.8 Å². The molecule has 0 aliphatic carbocycles. The molecular weight excluding hydrogens is 473 g/mol. The Morgan fingerprint density at radius 3 is 2.37 bits per heavy atom. The normalized spacial score (nSPS) is 22.7. The minimum absolute atomic E-state index is 0.00445. The Bertz CT molecular complexity index is 1360. The lowest BCUT2D eigenvalue weighted by atomic mass is 9.99. The highest BCUT2D eigenvalue weighted by atomic mass is 32.2. The molecule has 3 aromatic rings. The highest BCUT2D eigenvalue weighted by Crippen LogP contribution is 2.44. The highest BCUT2D eigenvalue weighted by molar-refractivity contribution is 7.89. The van der Waals surface area contributed by atoms with Gasteiger partial charge in [-0.3, -0.25) is 9.48 Å². The summed E-state index contributed by atoms with van der Waals surface area (Å²) < 4.78 is 50.2. The number of carboxylic acid groups (broad SMARTS) is 1. The molecule has 2 bridgehead atoms. The monoisotopic (exact) mass is 501 g/mol. The molecule has 186 valence electrons. The fourth-order valence-corrected chi connectivity index (χ4v) is 7.40. The fraction of sp³-hybridized carbons (Fsp3) is 0.440. The van der Waals surface area contributed by atoms with Crippen LogP contribution in [-0.4, -0.2) is 51.8 Å². The Morgan fingerprint density at radius 2 is 1.77 bits per heavy atom. The Balaban J connectivity index is 1.43. The number of nitrogens with zero attached hydrogens (tertiary/aromatic N) is 3. The first-order valence-corrected chi connectivity index (χ1v) is 13.3. The van der Waals surface area contributed by atoms with Gasteiger partial charge in [-0.05, 0) is 82.0 Å². The van der Waals surface area contributed by atoms with Crippen LogP contribution in [0.2, 0.25) is 0 Å². The molecule has 2 aliphatic heterocycles. The van der Waals surface area contributed by atoms with Crippen molar-refractivity contribution >= 4 is 26.9 Å². The van der Waals surface area contributed by atoms with Crippen LogP contribution in [0.15, 0.2) is 47.4 Å². The van der Waals surface area contributed by atoms with E-state index in [0.29, 0.717) is 35.2 Å². The number of sulfonamides is 1. The summed E-state index contributed by atoms with van der Waals surface area (Å²) in [5, 5.41) is 14.5. The molecule has 3 heterocycles. The summed E-state index contributed by atoms with van der Waals surface area (Å²) in [4.78, 5) is 11.6. The number of piperidine rings is 1. The van der Waals surface area contributed by atoms with E-state index in [1.165, 1.54) is 12.1 Å². The van der Waals surface area contributed by atoms with Gasteiger partial charge >= 0.3 is 5.97 Å². The molecule has 2 fully saturated rings. The molecule has 8 nitrogen and oxygen atoms in total. The van der Waals surface area contributed by atoms with E-state index in [2.05, 4.69) is 5.10 Å². The molecule has 2 aromatic carbocycles. The summed E-state index contributed by atoms with van der Waals surface area (Å²) in [7, 11) is -3.70. The fourth-order valence-electron chi connectivity index (χ4n) is 5.51. The third-order valence-electron chi connectivity index (χ3n) is 6.82. The summed E-state index contributed by atoms with van der Waals surface area (Å²) in [5.41, 5.74) is 0.932. The van der Waals surface area contributed by atoms with E-state index in [1.54, 1.807) is 39.3 Å². The first kappa shape index (κ1) is 23.7. The van der Waals surface area contributed by atoms with E-state index in [9.17, 15) is 22.7 Å². The Kier molecular flexibility index (Phi) is 6.04. The third kappa shape index (κ3) is 4.40. The largest absolute Gasteiger partial charge is 0.491 e. The topological polar surface area (TPSA) is 102 Å². The lowest BCUT2D eigenvalue weighted by Crippen LogP contribution is -2.46. The number of benzene rings is 2. The predicted molar refractivity (Wildman–Crippen MR) is 127 cm³/mol. The number of rotatable bonds is 7. The van der Waals surface area contributed by atoms with Crippen LogP contribution in [0.3, 0.4) is 0 Å². The smallest absolute Gasteiger partial charge is 0.309 e. The number of aliphatic carboxylic acids is 1. The van der Waals surface area contributed by atoms with Crippen LogP contribution in [0.1, 0.15) is 51.3 Å². The van der Waals surface area contributed by atoms with Crippen LogP contribution < -0.4 is 4.74 Å². The zero-order chi connectivity index (χ0) is 24.9. The minimum atomic E-state index is -3.70. The van der Waals surface area contributed by atoms with Crippen LogP contribution in [0.25, 0.3) is 10.9 Å². The number of ether oxygens (including phenoxy) is 1. The maximum Gasteiger partial charge on any atom is 0.309 e. The van der Waals surface area contributed by atoms with Gasteiger partial charge in [-0.25, -0.2) is 12.8 Å². The summed E-state index contributed by atoms with van der Waals surface area (Å²) in [6, 6.07) is 10.2. The number of fused-ring (bicyclic) bond motifs is 3. The first-order valence-electron chi connectivity index (χ1n) is 11.8. The van der Waals surface area contributed by atoms with Crippen molar-refractivity contribution in [1.82, 2.24) is 14.1 Å². The quantitative estimate of drug-likeness (QED) is 0.522. The Morgan fingerprint density at radius 1 is 1.11 bits per heavy atom. The second-order valence-corrected chi connectivity index (χ2v) is 11.4. The van der Waals surface area contributed by atoms with Crippen LogP contribution in [0.5, 0.6) is 5.75 Å². The SMILES string of the molecule is CC(C)Oc1ccc(S(=O)(=O)N2[C@@H]3CC[C@H]2CC(n2nc(CC(=O)O)c4ccc(F)cc42)C3)cc1. The van der Waals surface area contributed by atoms with Crippen LogP contribution in [-0.2, 0) is 21.2 Å². The molecule has 5 rings (SSSR count). The average molecular weight is 502 g/mol. The number of aromatic nitrogens is 2. The van der Waals surface area contributed by atoms with Crippen molar-refractivity contribution in [3.63, 3.8) is 0 Å². The molecule has 2 saturated heterocycles. The molecule has 3 atom stereocenters.